The van der Waals surface area contributed by atoms with E-state index in [0.29, 0.717) is 24.6 Å². The van der Waals surface area contributed by atoms with Crippen LogP contribution in [0, 0.1) is 0 Å². The second-order valence-corrected chi connectivity index (χ2v) is 6.65. The first-order chi connectivity index (χ1) is 13.2. The maximum absolute atomic E-state index is 12.0. The molecule has 138 valence electrons. The van der Waals surface area contributed by atoms with E-state index in [1.807, 2.05) is 53.4 Å². The molecule has 6 heteroatoms. The summed E-state index contributed by atoms with van der Waals surface area (Å²) < 4.78 is 0. The number of nitrogens with zero attached hydrogens (tertiary/aromatic N) is 3. The van der Waals surface area contributed by atoms with Crippen molar-refractivity contribution in [1.82, 2.24) is 14.9 Å². The molecule has 3 aromatic rings. The number of aromatic nitrogens is 2. The van der Waals surface area contributed by atoms with E-state index in [1.54, 1.807) is 6.20 Å². The molecular formula is C21H22N4O2. The number of para-hydroxylation sites is 1. The van der Waals surface area contributed by atoms with E-state index in [9.17, 15) is 9.90 Å². The number of aromatic amines is 1. The molecular weight excluding hydrogens is 340 g/mol. The third kappa shape index (κ3) is 3.71. The zero-order valence-corrected chi connectivity index (χ0v) is 15.0. The van der Waals surface area contributed by atoms with Crippen LogP contribution in [0.2, 0.25) is 0 Å². The van der Waals surface area contributed by atoms with E-state index in [1.165, 1.54) is 5.69 Å². The number of rotatable bonds is 5. The molecule has 1 unspecified atom stereocenters. The largest absolute Gasteiger partial charge is 0.480 e. The SMILES string of the molecule is O=C(O)C(c1cnc(-c2ccccc2)[nH]1)N1CCN(c2ccccc2)CC1. The summed E-state index contributed by atoms with van der Waals surface area (Å²) in [6.45, 7) is 2.97. The average Bonchev–Trinajstić information content (AvgIpc) is 3.19. The Hall–Kier alpha value is -3.12. The van der Waals surface area contributed by atoms with Gasteiger partial charge in [0.15, 0.2) is 6.04 Å². The summed E-state index contributed by atoms with van der Waals surface area (Å²) in [6.07, 6.45) is 1.64. The Balaban J connectivity index is 1.49. The lowest BCUT2D eigenvalue weighted by Gasteiger charge is -2.38. The summed E-state index contributed by atoms with van der Waals surface area (Å²) in [4.78, 5) is 23.9. The summed E-state index contributed by atoms with van der Waals surface area (Å²) in [5.41, 5.74) is 2.74. The van der Waals surface area contributed by atoms with Crippen molar-refractivity contribution >= 4 is 11.7 Å². The first-order valence-electron chi connectivity index (χ1n) is 9.09. The van der Waals surface area contributed by atoms with E-state index in [0.717, 1.165) is 18.7 Å². The number of hydrogen-bond acceptors (Lipinski definition) is 4. The number of H-pyrrole nitrogens is 1. The van der Waals surface area contributed by atoms with Gasteiger partial charge in [-0.3, -0.25) is 9.69 Å². The molecule has 0 spiro atoms. The lowest BCUT2D eigenvalue weighted by molar-refractivity contribution is -0.143. The molecule has 0 amide bonds. The topological polar surface area (TPSA) is 72.5 Å². The zero-order valence-electron chi connectivity index (χ0n) is 15.0. The zero-order chi connectivity index (χ0) is 18.6. The third-order valence-corrected chi connectivity index (χ3v) is 4.97. The Labute approximate surface area is 158 Å². The molecule has 4 rings (SSSR count). The number of nitrogens with one attached hydrogen (secondary N) is 1. The third-order valence-electron chi connectivity index (χ3n) is 4.97. The second kappa shape index (κ2) is 7.63. The fraction of sp³-hybridized carbons (Fsp3) is 0.238. The highest BCUT2D eigenvalue weighted by Gasteiger charge is 2.31. The molecule has 1 fully saturated rings. The summed E-state index contributed by atoms with van der Waals surface area (Å²) in [5.74, 6) is -0.161. The van der Waals surface area contributed by atoms with Crippen LogP contribution >= 0.6 is 0 Å². The summed E-state index contributed by atoms with van der Waals surface area (Å²) in [6, 6.07) is 19.2. The molecule has 1 aliphatic rings. The normalized spacial score (nSPS) is 16.2. The summed E-state index contributed by atoms with van der Waals surface area (Å²) in [5, 5.41) is 9.84. The summed E-state index contributed by atoms with van der Waals surface area (Å²) >= 11 is 0. The van der Waals surface area contributed by atoms with Gasteiger partial charge >= 0.3 is 5.97 Å². The van der Waals surface area contributed by atoms with Gasteiger partial charge in [0, 0.05) is 37.4 Å². The molecule has 0 saturated carbocycles. The summed E-state index contributed by atoms with van der Waals surface area (Å²) in [7, 11) is 0. The Morgan fingerprint density at radius 1 is 0.963 bits per heavy atom. The van der Waals surface area contributed by atoms with Crippen LogP contribution in [0.4, 0.5) is 5.69 Å². The van der Waals surface area contributed by atoms with Crippen molar-refractivity contribution in [2.45, 2.75) is 6.04 Å². The predicted octanol–water partition coefficient (Wildman–Crippen LogP) is 3.02. The van der Waals surface area contributed by atoms with Crippen molar-refractivity contribution in [3.63, 3.8) is 0 Å². The molecule has 1 atom stereocenters. The maximum atomic E-state index is 12.0. The van der Waals surface area contributed by atoms with Crippen LogP contribution in [-0.4, -0.2) is 52.1 Å². The highest BCUT2D eigenvalue weighted by Crippen LogP contribution is 2.25. The molecule has 6 nitrogen and oxygen atoms in total. The van der Waals surface area contributed by atoms with Crippen LogP contribution in [0.1, 0.15) is 11.7 Å². The van der Waals surface area contributed by atoms with Gasteiger partial charge in [-0.25, -0.2) is 4.98 Å². The van der Waals surface area contributed by atoms with Gasteiger partial charge in [0.05, 0.1) is 11.9 Å². The van der Waals surface area contributed by atoms with E-state index in [2.05, 4.69) is 27.0 Å². The number of carboxylic acids is 1. The molecule has 2 heterocycles. The molecule has 0 aliphatic carbocycles. The quantitative estimate of drug-likeness (QED) is 0.730. The average molecular weight is 362 g/mol. The molecule has 2 N–H and O–H groups in total. The van der Waals surface area contributed by atoms with Crippen LogP contribution in [0.25, 0.3) is 11.4 Å². The first kappa shape index (κ1) is 17.3. The smallest absolute Gasteiger partial charge is 0.327 e. The number of anilines is 1. The van der Waals surface area contributed by atoms with Gasteiger partial charge in [-0.1, -0.05) is 48.5 Å². The van der Waals surface area contributed by atoms with Crippen molar-refractivity contribution in [2.75, 3.05) is 31.1 Å². The number of aliphatic carboxylic acids is 1. The van der Waals surface area contributed by atoms with Crippen LogP contribution in [-0.2, 0) is 4.79 Å². The monoisotopic (exact) mass is 362 g/mol. The van der Waals surface area contributed by atoms with Gasteiger partial charge in [-0.05, 0) is 12.1 Å². The second-order valence-electron chi connectivity index (χ2n) is 6.65. The molecule has 2 aromatic carbocycles. The number of benzene rings is 2. The predicted molar refractivity (Wildman–Crippen MR) is 105 cm³/mol. The van der Waals surface area contributed by atoms with Crippen LogP contribution < -0.4 is 4.90 Å². The van der Waals surface area contributed by atoms with Gasteiger partial charge in [-0.2, -0.15) is 0 Å². The fourth-order valence-corrected chi connectivity index (χ4v) is 3.58. The van der Waals surface area contributed by atoms with Gasteiger partial charge in [0.25, 0.3) is 0 Å². The van der Waals surface area contributed by atoms with E-state index in [4.69, 9.17) is 0 Å². The van der Waals surface area contributed by atoms with Crippen molar-refractivity contribution in [3.8, 4) is 11.4 Å². The van der Waals surface area contributed by atoms with Gasteiger partial charge < -0.3 is 15.0 Å². The minimum Gasteiger partial charge on any atom is -0.480 e. The highest BCUT2D eigenvalue weighted by atomic mass is 16.4. The van der Waals surface area contributed by atoms with Crippen LogP contribution in [0.3, 0.4) is 0 Å². The molecule has 0 radical (unpaired) electrons. The minimum atomic E-state index is -0.855. The number of carboxylic acid groups (broad SMARTS) is 1. The number of hydrogen-bond donors (Lipinski definition) is 2. The Morgan fingerprint density at radius 3 is 2.22 bits per heavy atom. The Kier molecular flexibility index (Phi) is 4.89. The number of piperazine rings is 1. The maximum Gasteiger partial charge on any atom is 0.327 e. The lowest BCUT2D eigenvalue weighted by Crippen LogP contribution is -2.49. The Morgan fingerprint density at radius 2 is 1.59 bits per heavy atom. The first-order valence-corrected chi connectivity index (χ1v) is 9.09. The van der Waals surface area contributed by atoms with Crippen LogP contribution in [0.5, 0.6) is 0 Å². The standard InChI is InChI=1S/C21H22N4O2/c26-21(27)19(18-15-22-20(23-18)16-7-3-1-4-8-16)25-13-11-24(12-14-25)17-9-5-2-6-10-17/h1-10,15,19H,11-14H2,(H,22,23)(H,26,27). The number of carbonyl (C=O) groups is 1. The van der Waals surface area contributed by atoms with E-state index in [-0.39, 0.29) is 0 Å². The van der Waals surface area contributed by atoms with Gasteiger partial charge in [0.2, 0.25) is 0 Å². The molecule has 27 heavy (non-hydrogen) atoms. The molecule has 1 aromatic heterocycles. The minimum absolute atomic E-state index is 0.620. The Bertz CT molecular complexity index is 887. The van der Waals surface area contributed by atoms with Crippen molar-refractivity contribution in [1.29, 1.82) is 0 Å². The van der Waals surface area contributed by atoms with Gasteiger partial charge in [-0.15, -0.1) is 0 Å². The lowest BCUT2D eigenvalue weighted by atomic mass is 10.1. The van der Waals surface area contributed by atoms with Crippen molar-refractivity contribution in [2.24, 2.45) is 0 Å². The number of imidazole rings is 1. The molecule has 1 saturated heterocycles. The highest BCUT2D eigenvalue weighted by molar-refractivity contribution is 5.75. The fourth-order valence-electron chi connectivity index (χ4n) is 3.58. The van der Waals surface area contributed by atoms with E-state index >= 15 is 0 Å². The molecule has 0 bridgehead atoms. The van der Waals surface area contributed by atoms with E-state index < -0.39 is 12.0 Å². The van der Waals surface area contributed by atoms with Crippen molar-refractivity contribution < 1.29 is 9.90 Å². The van der Waals surface area contributed by atoms with Crippen molar-refractivity contribution in [3.05, 3.63) is 72.6 Å². The van der Waals surface area contributed by atoms with Crippen LogP contribution in [0.15, 0.2) is 66.9 Å². The molecule has 1 aliphatic heterocycles. The van der Waals surface area contributed by atoms with Gasteiger partial charge in [0.1, 0.15) is 5.82 Å².